The topological polar surface area (TPSA) is 81.7 Å². The lowest BCUT2D eigenvalue weighted by Gasteiger charge is -2.31. The van der Waals surface area contributed by atoms with Crippen molar-refractivity contribution < 1.29 is 14.7 Å². The molecule has 0 aliphatic carbocycles. The van der Waals surface area contributed by atoms with Crippen LogP contribution in [0.4, 0.5) is 5.69 Å². The number of phenols is 1. The number of likely N-dealkylation sites (tertiary alicyclic amines) is 1. The van der Waals surface area contributed by atoms with E-state index in [1.165, 1.54) is 0 Å². The first-order chi connectivity index (χ1) is 10.6. The van der Waals surface area contributed by atoms with Crippen LogP contribution < -0.4 is 10.6 Å². The van der Waals surface area contributed by atoms with Crippen molar-refractivity contribution in [2.45, 2.75) is 19.3 Å². The third-order valence-electron chi connectivity index (χ3n) is 3.94. The highest BCUT2D eigenvalue weighted by Crippen LogP contribution is 2.21. The quantitative estimate of drug-likeness (QED) is 0.710. The zero-order valence-corrected chi connectivity index (χ0v) is 14.1. The number of piperidine rings is 1. The second-order valence-electron chi connectivity index (χ2n) is 5.54. The zero-order chi connectivity index (χ0) is 15.9. The second-order valence-corrected chi connectivity index (χ2v) is 5.54. The molecule has 0 atom stereocenters. The Hall–Kier alpha value is -1.79. The van der Waals surface area contributed by atoms with Gasteiger partial charge in [-0.05, 0) is 44.2 Å². The fourth-order valence-electron chi connectivity index (χ4n) is 2.57. The van der Waals surface area contributed by atoms with Gasteiger partial charge in [0.25, 0.3) is 0 Å². The highest BCUT2D eigenvalue weighted by Gasteiger charge is 2.27. The molecule has 1 aliphatic rings. The number of carbonyl (C=O) groups is 2. The third kappa shape index (κ3) is 5.73. The number of hydrogen-bond donors (Lipinski definition) is 3. The fourth-order valence-corrected chi connectivity index (χ4v) is 2.57. The number of rotatable bonds is 5. The Morgan fingerprint density at radius 1 is 1.22 bits per heavy atom. The molecule has 1 heterocycles. The summed E-state index contributed by atoms with van der Waals surface area (Å²) in [5.74, 6) is 0.230. The molecule has 128 valence electrons. The van der Waals surface area contributed by atoms with Gasteiger partial charge in [0.15, 0.2) is 0 Å². The smallest absolute Gasteiger partial charge is 0.227 e. The van der Waals surface area contributed by atoms with E-state index in [9.17, 15) is 14.7 Å². The van der Waals surface area contributed by atoms with Gasteiger partial charge in [-0.1, -0.05) is 0 Å². The van der Waals surface area contributed by atoms with Crippen LogP contribution in [0.3, 0.4) is 0 Å². The molecule has 1 aromatic carbocycles. The van der Waals surface area contributed by atoms with Crippen LogP contribution in [0.1, 0.15) is 19.3 Å². The number of carbonyl (C=O) groups excluding carboxylic acids is 2. The van der Waals surface area contributed by atoms with Gasteiger partial charge in [0, 0.05) is 37.7 Å². The molecule has 3 N–H and O–H groups in total. The molecule has 0 saturated carbocycles. The maximum absolute atomic E-state index is 12.2. The third-order valence-corrected chi connectivity index (χ3v) is 3.94. The molecular formula is C16H24ClN3O3. The fraction of sp³-hybridized carbons (Fsp3) is 0.500. The molecule has 1 fully saturated rings. The van der Waals surface area contributed by atoms with E-state index in [-0.39, 0.29) is 35.9 Å². The van der Waals surface area contributed by atoms with E-state index in [1.807, 2.05) is 11.9 Å². The minimum atomic E-state index is -0.0675. The number of halogens is 1. The molecule has 1 saturated heterocycles. The molecule has 2 rings (SSSR count). The first-order valence-electron chi connectivity index (χ1n) is 7.62. The monoisotopic (exact) mass is 341 g/mol. The van der Waals surface area contributed by atoms with Gasteiger partial charge in [-0.2, -0.15) is 0 Å². The van der Waals surface area contributed by atoms with Gasteiger partial charge in [-0.3, -0.25) is 9.59 Å². The highest BCUT2D eigenvalue weighted by atomic mass is 35.5. The second kappa shape index (κ2) is 9.37. The van der Waals surface area contributed by atoms with Crippen molar-refractivity contribution >= 4 is 29.9 Å². The predicted octanol–water partition coefficient (Wildman–Crippen LogP) is 1.60. The van der Waals surface area contributed by atoms with Gasteiger partial charge in [0.2, 0.25) is 11.8 Å². The van der Waals surface area contributed by atoms with Crippen LogP contribution in [0.2, 0.25) is 0 Å². The van der Waals surface area contributed by atoms with Crippen molar-refractivity contribution in [2.24, 2.45) is 5.92 Å². The summed E-state index contributed by atoms with van der Waals surface area (Å²) >= 11 is 0. The summed E-state index contributed by atoms with van der Waals surface area (Å²) in [5, 5.41) is 15.0. The van der Waals surface area contributed by atoms with E-state index < -0.39 is 0 Å². The minimum absolute atomic E-state index is 0. The summed E-state index contributed by atoms with van der Waals surface area (Å²) in [5.41, 5.74) is 0.676. The number of aromatic hydroxyl groups is 1. The average Bonchev–Trinajstić information content (AvgIpc) is 2.55. The maximum Gasteiger partial charge on any atom is 0.227 e. The van der Waals surface area contributed by atoms with E-state index in [2.05, 4.69) is 10.6 Å². The Bertz CT molecular complexity index is 514. The van der Waals surface area contributed by atoms with Gasteiger partial charge >= 0.3 is 0 Å². The van der Waals surface area contributed by atoms with Gasteiger partial charge in [0.1, 0.15) is 5.75 Å². The van der Waals surface area contributed by atoms with Crippen molar-refractivity contribution in [1.29, 1.82) is 0 Å². The molecule has 0 aromatic heterocycles. The summed E-state index contributed by atoms with van der Waals surface area (Å²) in [6, 6.07) is 6.42. The summed E-state index contributed by atoms with van der Waals surface area (Å²) in [4.78, 5) is 26.0. The molecule has 6 nitrogen and oxygen atoms in total. The number of anilines is 1. The molecule has 0 bridgehead atoms. The first-order valence-corrected chi connectivity index (χ1v) is 7.62. The number of amides is 2. The molecule has 0 radical (unpaired) electrons. The van der Waals surface area contributed by atoms with Crippen LogP contribution >= 0.6 is 12.4 Å². The lowest BCUT2D eigenvalue weighted by molar-refractivity contribution is -0.134. The zero-order valence-electron chi connectivity index (χ0n) is 13.2. The molecule has 1 aromatic rings. The van der Waals surface area contributed by atoms with E-state index in [4.69, 9.17) is 0 Å². The van der Waals surface area contributed by atoms with Crippen LogP contribution in [-0.4, -0.2) is 48.5 Å². The largest absolute Gasteiger partial charge is 0.508 e. The molecule has 0 spiro atoms. The normalized spacial score (nSPS) is 14.9. The molecular weight excluding hydrogens is 318 g/mol. The van der Waals surface area contributed by atoms with Gasteiger partial charge in [-0.15, -0.1) is 12.4 Å². The van der Waals surface area contributed by atoms with E-state index in [0.717, 1.165) is 0 Å². The van der Waals surface area contributed by atoms with Gasteiger partial charge in [-0.25, -0.2) is 0 Å². The standard InChI is InChI=1S/C16H23N3O3.ClH/c1-17-9-6-15(21)19-10-7-12(8-11-19)16(22)18-13-2-4-14(20)5-3-13;/h2-5,12,17,20H,6-11H2,1H3,(H,18,22);1H. The van der Waals surface area contributed by atoms with Crippen LogP contribution in [0.25, 0.3) is 0 Å². The Morgan fingerprint density at radius 2 is 1.83 bits per heavy atom. The SMILES string of the molecule is CNCCC(=O)N1CCC(C(=O)Nc2ccc(O)cc2)CC1.Cl. The van der Waals surface area contributed by atoms with Crippen LogP contribution in [-0.2, 0) is 9.59 Å². The van der Waals surface area contributed by atoms with Crippen molar-refractivity contribution in [2.75, 3.05) is 32.0 Å². The van der Waals surface area contributed by atoms with Crippen LogP contribution in [0, 0.1) is 5.92 Å². The van der Waals surface area contributed by atoms with Gasteiger partial charge < -0.3 is 20.6 Å². The lowest BCUT2D eigenvalue weighted by Crippen LogP contribution is -2.42. The Balaban J connectivity index is 0.00000264. The maximum atomic E-state index is 12.2. The number of benzene rings is 1. The molecule has 0 unspecified atom stereocenters. The van der Waals surface area contributed by atoms with Crippen molar-refractivity contribution in [1.82, 2.24) is 10.2 Å². The highest BCUT2D eigenvalue weighted by molar-refractivity contribution is 5.92. The number of hydrogen-bond acceptors (Lipinski definition) is 4. The van der Waals surface area contributed by atoms with Crippen LogP contribution in [0.15, 0.2) is 24.3 Å². The number of nitrogens with one attached hydrogen (secondary N) is 2. The average molecular weight is 342 g/mol. The van der Waals surface area contributed by atoms with Crippen molar-refractivity contribution in [3.8, 4) is 5.75 Å². The molecule has 1 aliphatic heterocycles. The summed E-state index contributed by atoms with van der Waals surface area (Å²) < 4.78 is 0. The lowest BCUT2D eigenvalue weighted by atomic mass is 9.95. The molecule has 23 heavy (non-hydrogen) atoms. The Morgan fingerprint density at radius 3 is 2.39 bits per heavy atom. The van der Waals surface area contributed by atoms with E-state index >= 15 is 0 Å². The first kappa shape index (κ1) is 19.3. The van der Waals surface area contributed by atoms with Crippen molar-refractivity contribution in [3.63, 3.8) is 0 Å². The Kier molecular flexibility index (Phi) is 7.85. The molecule has 7 heteroatoms. The Labute approximate surface area is 142 Å². The van der Waals surface area contributed by atoms with Gasteiger partial charge in [0.05, 0.1) is 0 Å². The number of phenolic OH excluding ortho intramolecular Hbond substituents is 1. The minimum Gasteiger partial charge on any atom is -0.508 e. The summed E-state index contributed by atoms with van der Waals surface area (Å²) in [7, 11) is 1.83. The summed E-state index contributed by atoms with van der Waals surface area (Å²) in [6.45, 7) is 1.95. The summed E-state index contributed by atoms with van der Waals surface area (Å²) in [6.07, 6.45) is 1.88. The van der Waals surface area contributed by atoms with Crippen LogP contribution in [0.5, 0.6) is 5.75 Å². The molecule has 2 amide bonds. The van der Waals surface area contributed by atoms with Crippen molar-refractivity contribution in [3.05, 3.63) is 24.3 Å². The van der Waals surface area contributed by atoms with E-state index in [1.54, 1.807) is 24.3 Å². The number of nitrogens with zero attached hydrogens (tertiary/aromatic N) is 1. The van der Waals surface area contributed by atoms with E-state index in [0.29, 0.717) is 44.6 Å². The predicted molar refractivity (Wildman–Crippen MR) is 91.8 cm³/mol.